The van der Waals surface area contributed by atoms with Crippen molar-refractivity contribution in [2.45, 2.75) is 61.4 Å². The Morgan fingerprint density at radius 2 is 1.88 bits per heavy atom. The molecule has 2 aliphatic heterocycles. The van der Waals surface area contributed by atoms with E-state index in [4.69, 9.17) is 20.9 Å². The van der Waals surface area contributed by atoms with Crippen LogP contribution in [0.2, 0.25) is 5.02 Å². The molecular formula is C23H23ClN4O5S. The van der Waals surface area contributed by atoms with Gasteiger partial charge < -0.3 is 14.2 Å². The molecule has 2 aliphatic rings. The van der Waals surface area contributed by atoms with Gasteiger partial charge in [-0.25, -0.2) is 8.42 Å². The summed E-state index contributed by atoms with van der Waals surface area (Å²) in [5.41, 5.74) is 0.528. The molecule has 0 aliphatic carbocycles. The van der Waals surface area contributed by atoms with E-state index in [9.17, 15) is 13.2 Å². The van der Waals surface area contributed by atoms with E-state index in [-0.39, 0.29) is 45.7 Å². The molecule has 2 fully saturated rings. The van der Waals surface area contributed by atoms with E-state index < -0.39 is 15.6 Å². The number of ether oxygens (including phenoxy) is 1. The highest BCUT2D eigenvalue weighted by atomic mass is 35.5. The maximum Gasteiger partial charge on any atom is 0.316 e. The number of carbonyl (C=O) groups is 1. The lowest BCUT2D eigenvalue weighted by molar-refractivity contribution is 0.0320. The van der Waals surface area contributed by atoms with Gasteiger partial charge >= 0.3 is 11.8 Å². The molecule has 0 radical (unpaired) electrons. The van der Waals surface area contributed by atoms with Crippen molar-refractivity contribution in [2.24, 2.45) is 0 Å². The van der Waals surface area contributed by atoms with Crippen LogP contribution in [-0.2, 0) is 15.6 Å². The summed E-state index contributed by atoms with van der Waals surface area (Å²) in [5, 5.41) is 3.89. The largest absolute Gasteiger partial charge is 0.490 e. The van der Waals surface area contributed by atoms with Gasteiger partial charge in [0.1, 0.15) is 17.6 Å². The Hall–Kier alpha value is -2.98. The van der Waals surface area contributed by atoms with Gasteiger partial charge in [-0.15, -0.1) is 0 Å². The van der Waals surface area contributed by atoms with E-state index in [1.165, 1.54) is 6.07 Å². The molecule has 11 heteroatoms. The standard InChI is InChI=1S/C23H23ClN4O5S/c1-14-3-2-4-19(24)21(14)34(30,31)13-20-26-22(33-27-20)23(29)28-15-5-6-16(28)12-18(11-15)32-17-7-9-25-10-8-17/h2-4,7-10,15-16,18H,5-6,11-13H2,1H3/t15-,16+,18?. The second kappa shape index (κ2) is 8.99. The van der Waals surface area contributed by atoms with Gasteiger partial charge in [-0.05, 0) is 43.5 Å². The Kier molecular flexibility index (Phi) is 6.03. The first-order valence-electron chi connectivity index (χ1n) is 11.0. The van der Waals surface area contributed by atoms with Gasteiger partial charge in [0.25, 0.3) is 0 Å². The van der Waals surface area contributed by atoms with Crippen LogP contribution in [0.4, 0.5) is 0 Å². The molecule has 1 unspecified atom stereocenters. The van der Waals surface area contributed by atoms with E-state index in [1.807, 2.05) is 12.1 Å². The summed E-state index contributed by atoms with van der Waals surface area (Å²) in [7, 11) is -3.82. The monoisotopic (exact) mass is 502 g/mol. The van der Waals surface area contributed by atoms with Gasteiger partial charge in [-0.1, -0.05) is 28.9 Å². The molecular weight excluding hydrogens is 480 g/mol. The number of rotatable bonds is 6. The molecule has 178 valence electrons. The molecule has 4 heterocycles. The molecule has 2 aromatic heterocycles. The summed E-state index contributed by atoms with van der Waals surface area (Å²) >= 11 is 6.12. The number of halogens is 1. The van der Waals surface area contributed by atoms with Crippen molar-refractivity contribution in [3.8, 4) is 5.75 Å². The fourth-order valence-corrected chi connectivity index (χ4v) is 7.03. The second-order valence-electron chi connectivity index (χ2n) is 8.65. The summed E-state index contributed by atoms with van der Waals surface area (Å²) in [5.74, 6) is -0.406. The number of aryl methyl sites for hydroxylation is 1. The van der Waals surface area contributed by atoms with Crippen LogP contribution in [0.3, 0.4) is 0 Å². The maximum absolute atomic E-state index is 13.2. The van der Waals surface area contributed by atoms with Crippen LogP contribution in [0, 0.1) is 6.92 Å². The minimum Gasteiger partial charge on any atom is -0.490 e. The molecule has 2 bridgehead atoms. The van der Waals surface area contributed by atoms with E-state index in [1.54, 1.807) is 36.4 Å². The Morgan fingerprint density at radius 3 is 2.56 bits per heavy atom. The third kappa shape index (κ3) is 4.39. The predicted molar refractivity (Wildman–Crippen MR) is 122 cm³/mol. The Labute approximate surface area is 202 Å². The van der Waals surface area contributed by atoms with Crippen LogP contribution in [-0.4, -0.2) is 52.5 Å². The number of hydrogen-bond acceptors (Lipinski definition) is 8. The number of piperidine rings is 1. The number of hydrogen-bond donors (Lipinski definition) is 0. The fraction of sp³-hybridized carbons (Fsp3) is 0.391. The molecule has 0 N–H and O–H groups in total. The fourth-order valence-electron chi connectivity index (χ4n) is 4.93. The minimum atomic E-state index is -3.82. The van der Waals surface area contributed by atoms with Crippen LogP contribution >= 0.6 is 11.6 Å². The lowest BCUT2D eigenvalue weighted by Crippen LogP contribution is -2.49. The number of amides is 1. The third-order valence-electron chi connectivity index (χ3n) is 6.32. The summed E-state index contributed by atoms with van der Waals surface area (Å²) in [6, 6.07) is 8.51. The van der Waals surface area contributed by atoms with Gasteiger partial charge in [0.05, 0.1) is 9.92 Å². The normalized spacial score (nSPS) is 22.1. The second-order valence-corrected chi connectivity index (χ2v) is 11.0. The van der Waals surface area contributed by atoms with E-state index in [2.05, 4.69) is 15.1 Å². The molecule has 3 atom stereocenters. The number of aromatic nitrogens is 3. The number of fused-ring (bicyclic) bond motifs is 2. The zero-order valence-corrected chi connectivity index (χ0v) is 20.0. The van der Waals surface area contributed by atoms with Gasteiger partial charge in [0.2, 0.25) is 0 Å². The molecule has 0 spiro atoms. The molecule has 3 aromatic rings. The number of nitrogens with zero attached hydrogens (tertiary/aromatic N) is 4. The first kappa shape index (κ1) is 22.8. The third-order valence-corrected chi connectivity index (χ3v) is 8.55. The van der Waals surface area contributed by atoms with E-state index >= 15 is 0 Å². The Morgan fingerprint density at radius 1 is 1.18 bits per heavy atom. The summed E-state index contributed by atoms with van der Waals surface area (Å²) in [4.78, 5) is 23.1. The highest BCUT2D eigenvalue weighted by Crippen LogP contribution is 2.38. The quantitative estimate of drug-likeness (QED) is 0.502. The highest BCUT2D eigenvalue weighted by molar-refractivity contribution is 7.90. The zero-order chi connectivity index (χ0) is 23.9. The topological polar surface area (TPSA) is 115 Å². The maximum atomic E-state index is 13.2. The predicted octanol–water partition coefficient (Wildman–Crippen LogP) is 3.61. The zero-order valence-electron chi connectivity index (χ0n) is 18.4. The molecule has 5 rings (SSSR count). The lowest BCUT2D eigenvalue weighted by atomic mass is 9.99. The van der Waals surface area contributed by atoms with Gasteiger partial charge in [0.15, 0.2) is 15.7 Å². The van der Waals surface area contributed by atoms with Gasteiger partial charge in [-0.3, -0.25) is 9.78 Å². The average Bonchev–Trinajstić information content (AvgIpc) is 3.35. The van der Waals surface area contributed by atoms with Crippen molar-refractivity contribution < 1.29 is 22.5 Å². The average molecular weight is 503 g/mol. The van der Waals surface area contributed by atoms with Crippen LogP contribution in [0.5, 0.6) is 5.75 Å². The Bertz CT molecular complexity index is 1280. The van der Waals surface area contributed by atoms with E-state index in [0.29, 0.717) is 18.4 Å². The molecule has 1 aromatic carbocycles. The number of benzene rings is 1. The van der Waals surface area contributed by atoms with Crippen molar-refractivity contribution in [2.75, 3.05) is 0 Å². The number of sulfone groups is 1. The molecule has 9 nitrogen and oxygen atoms in total. The summed E-state index contributed by atoms with van der Waals surface area (Å²) in [6.45, 7) is 1.67. The smallest absolute Gasteiger partial charge is 0.316 e. The molecule has 1 amide bonds. The van der Waals surface area contributed by atoms with Crippen molar-refractivity contribution in [1.29, 1.82) is 0 Å². The molecule has 0 saturated carbocycles. The first-order chi connectivity index (χ1) is 16.3. The highest BCUT2D eigenvalue weighted by Gasteiger charge is 2.45. The van der Waals surface area contributed by atoms with E-state index in [0.717, 1.165) is 18.6 Å². The minimum absolute atomic E-state index is 0.00273. The molecule has 2 saturated heterocycles. The van der Waals surface area contributed by atoms with Gasteiger partial charge in [-0.2, -0.15) is 4.98 Å². The van der Waals surface area contributed by atoms with Crippen LogP contribution in [0.25, 0.3) is 0 Å². The number of pyridine rings is 1. The lowest BCUT2D eigenvalue weighted by Gasteiger charge is -2.38. The summed E-state index contributed by atoms with van der Waals surface area (Å²) in [6.07, 6.45) is 6.51. The van der Waals surface area contributed by atoms with Gasteiger partial charge in [0, 0.05) is 37.3 Å². The first-order valence-corrected chi connectivity index (χ1v) is 13.0. The number of carbonyl (C=O) groups excluding carboxylic acids is 1. The van der Waals surface area contributed by atoms with Crippen LogP contribution < -0.4 is 4.74 Å². The van der Waals surface area contributed by atoms with Crippen LogP contribution in [0.1, 0.15) is 47.8 Å². The molecule has 34 heavy (non-hydrogen) atoms. The SMILES string of the molecule is Cc1cccc(Cl)c1S(=O)(=O)Cc1noc(C(=O)N2[C@@H]3CC[C@H]2CC(Oc2ccncc2)C3)n1. The summed E-state index contributed by atoms with van der Waals surface area (Å²) < 4.78 is 37.1. The van der Waals surface area contributed by atoms with Crippen LogP contribution in [0.15, 0.2) is 52.1 Å². The van der Waals surface area contributed by atoms with Crippen molar-refractivity contribution in [3.63, 3.8) is 0 Å². The Balaban J connectivity index is 1.28. The van der Waals surface area contributed by atoms with Crippen molar-refractivity contribution >= 4 is 27.3 Å². The van der Waals surface area contributed by atoms with Crippen molar-refractivity contribution in [1.82, 2.24) is 20.0 Å². The van der Waals surface area contributed by atoms with Crippen molar-refractivity contribution in [3.05, 3.63) is 65.0 Å².